The molecule has 5 heteroatoms. The van der Waals surface area contributed by atoms with Crippen molar-refractivity contribution in [1.82, 2.24) is 4.90 Å². The summed E-state index contributed by atoms with van der Waals surface area (Å²) in [6.45, 7) is 1.27. The number of hydrogen-bond donors (Lipinski definition) is 1. The average Bonchev–Trinajstić information content (AvgIpc) is 2.94. The Morgan fingerprint density at radius 3 is 2.60 bits per heavy atom. The maximum absolute atomic E-state index is 13.4. The van der Waals surface area contributed by atoms with Crippen molar-refractivity contribution in [1.29, 1.82) is 0 Å². The summed E-state index contributed by atoms with van der Waals surface area (Å²) in [4.78, 5) is 13.3. The summed E-state index contributed by atoms with van der Waals surface area (Å²) in [6, 6.07) is 11.5. The highest BCUT2D eigenvalue weighted by Crippen LogP contribution is 2.45. The van der Waals surface area contributed by atoms with Crippen molar-refractivity contribution in [2.75, 3.05) is 20.6 Å². The van der Waals surface area contributed by atoms with E-state index in [1.807, 2.05) is 20.2 Å². The maximum Gasteiger partial charge on any atom is 0.335 e. The summed E-state index contributed by atoms with van der Waals surface area (Å²) in [5, 5.41) is 9.21. The van der Waals surface area contributed by atoms with E-state index in [1.165, 1.54) is 12.1 Å². The first-order valence-corrected chi connectivity index (χ1v) is 8.34. The van der Waals surface area contributed by atoms with Crippen molar-refractivity contribution in [3.8, 4) is 0 Å². The Balaban J connectivity index is 2.02. The molecule has 0 amide bonds. The number of carbonyl (C=O) groups is 1. The first-order valence-electron chi connectivity index (χ1n) is 8.34. The number of ether oxygens (including phenoxy) is 1. The molecule has 2 aromatic carbocycles. The number of hydrogen-bond acceptors (Lipinski definition) is 3. The molecule has 132 valence electrons. The number of rotatable bonds is 6. The molecule has 1 atom stereocenters. The zero-order chi connectivity index (χ0) is 18.0. The summed E-state index contributed by atoms with van der Waals surface area (Å²) >= 11 is 0. The van der Waals surface area contributed by atoms with Crippen LogP contribution in [-0.2, 0) is 16.9 Å². The van der Waals surface area contributed by atoms with Gasteiger partial charge in [-0.1, -0.05) is 18.2 Å². The lowest BCUT2D eigenvalue weighted by Crippen LogP contribution is -2.28. The number of carboxylic acid groups (broad SMARTS) is 1. The standard InChI is InChI=1S/C20H22FNO3/c1-22(2)11-3-10-20(16-5-7-17(21)8-6-16)18-9-4-14(19(23)24)12-15(18)13-25-20/h4-9,12H,3,10-11,13H2,1-2H3,(H,23,24)/t20-/m0/s1. The molecular weight excluding hydrogens is 321 g/mol. The van der Waals surface area contributed by atoms with Crippen LogP contribution in [0.5, 0.6) is 0 Å². The SMILES string of the molecule is CN(C)CCC[C@@]1(c2ccc(F)cc2)OCc2cc(C(=O)O)ccc21. The predicted octanol–water partition coefficient (Wildman–Crippen LogP) is 3.64. The zero-order valence-electron chi connectivity index (χ0n) is 14.5. The molecule has 1 N–H and O–H groups in total. The van der Waals surface area contributed by atoms with Crippen LogP contribution in [0.4, 0.5) is 4.39 Å². The van der Waals surface area contributed by atoms with Crippen LogP contribution in [0.25, 0.3) is 0 Å². The van der Waals surface area contributed by atoms with Gasteiger partial charge in [0.1, 0.15) is 11.4 Å². The van der Waals surface area contributed by atoms with Gasteiger partial charge in [0.05, 0.1) is 12.2 Å². The summed E-state index contributed by atoms with van der Waals surface area (Å²) in [7, 11) is 4.04. The summed E-state index contributed by atoms with van der Waals surface area (Å²) in [5.74, 6) is -1.23. The van der Waals surface area contributed by atoms with Crippen molar-refractivity contribution in [2.45, 2.75) is 25.0 Å². The van der Waals surface area contributed by atoms with Gasteiger partial charge in [-0.3, -0.25) is 0 Å². The molecule has 0 spiro atoms. The fraction of sp³-hybridized carbons (Fsp3) is 0.350. The van der Waals surface area contributed by atoms with Crippen molar-refractivity contribution in [3.63, 3.8) is 0 Å². The molecule has 0 aliphatic carbocycles. The lowest BCUT2D eigenvalue weighted by molar-refractivity contribution is -0.0140. The number of aromatic carboxylic acids is 1. The molecule has 1 aliphatic heterocycles. The van der Waals surface area contributed by atoms with Crippen LogP contribution in [0.3, 0.4) is 0 Å². The van der Waals surface area contributed by atoms with E-state index in [9.17, 15) is 14.3 Å². The fourth-order valence-corrected chi connectivity index (χ4v) is 3.47. The number of nitrogens with zero attached hydrogens (tertiary/aromatic N) is 1. The van der Waals surface area contributed by atoms with Crippen LogP contribution < -0.4 is 0 Å². The van der Waals surface area contributed by atoms with Gasteiger partial charge < -0.3 is 14.7 Å². The lowest BCUT2D eigenvalue weighted by atomic mass is 9.81. The van der Waals surface area contributed by atoms with Crippen molar-refractivity contribution >= 4 is 5.97 Å². The van der Waals surface area contributed by atoms with Gasteiger partial charge in [-0.05, 0) is 74.4 Å². The molecule has 0 fully saturated rings. The van der Waals surface area contributed by atoms with E-state index in [1.54, 1.807) is 24.3 Å². The second-order valence-corrected chi connectivity index (χ2v) is 6.71. The normalized spacial score (nSPS) is 19.2. The highest BCUT2D eigenvalue weighted by Gasteiger charge is 2.41. The Morgan fingerprint density at radius 1 is 1.24 bits per heavy atom. The summed E-state index contributed by atoms with van der Waals surface area (Å²) in [5.41, 5.74) is 2.35. The number of fused-ring (bicyclic) bond motifs is 1. The molecule has 0 saturated heterocycles. The third kappa shape index (κ3) is 3.43. The molecule has 25 heavy (non-hydrogen) atoms. The molecule has 2 aromatic rings. The molecule has 1 heterocycles. The Hall–Kier alpha value is -2.24. The molecule has 0 radical (unpaired) electrons. The predicted molar refractivity (Wildman–Crippen MR) is 93.2 cm³/mol. The molecule has 0 bridgehead atoms. The minimum Gasteiger partial charge on any atom is -0.478 e. The van der Waals surface area contributed by atoms with Gasteiger partial charge >= 0.3 is 5.97 Å². The van der Waals surface area contributed by atoms with Gasteiger partial charge in [-0.25, -0.2) is 9.18 Å². The second-order valence-electron chi connectivity index (χ2n) is 6.71. The van der Waals surface area contributed by atoms with Crippen LogP contribution >= 0.6 is 0 Å². The van der Waals surface area contributed by atoms with E-state index >= 15 is 0 Å². The number of carboxylic acids is 1. The molecule has 0 aromatic heterocycles. The molecule has 1 aliphatic rings. The first kappa shape index (κ1) is 17.6. The number of benzene rings is 2. The van der Waals surface area contributed by atoms with Crippen LogP contribution in [0.1, 0.15) is 39.9 Å². The largest absolute Gasteiger partial charge is 0.478 e. The van der Waals surface area contributed by atoms with Gasteiger partial charge in [0, 0.05) is 0 Å². The molecule has 4 nitrogen and oxygen atoms in total. The maximum atomic E-state index is 13.4. The Bertz CT molecular complexity index is 773. The Labute approximate surface area is 146 Å². The van der Waals surface area contributed by atoms with E-state index in [-0.39, 0.29) is 11.4 Å². The Kier molecular flexibility index (Phi) is 4.88. The smallest absolute Gasteiger partial charge is 0.335 e. The molecular formula is C20H22FNO3. The summed E-state index contributed by atoms with van der Waals surface area (Å²) < 4.78 is 19.6. The van der Waals surface area contributed by atoms with Gasteiger partial charge in [0.25, 0.3) is 0 Å². The average molecular weight is 343 g/mol. The molecule has 0 saturated carbocycles. The van der Waals surface area contributed by atoms with E-state index in [2.05, 4.69) is 4.90 Å². The topological polar surface area (TPSA) is 49.8 Å². The summed E-state index contributed by atoms with van der Waals surface area (Å²) in [6.07, 6.45) is 1.65. The van der Waals surface area contributed by atoms with E-state index in [4.69, 9.17) is 4.74 Å². The van der Waals surface area contributed by atoms with Gasteiger partial charge in [0.2, 0.25) is 0 Å². The van der Waals surface area contributed by atoms with Crippen molar-refractivity contribution < 1.29 is 19.0 Å². The van der Waals surface area contributed by atoms with Crippen LogP contribution in [0.15, 0.2) is 42.5 Å². The van der Waals surface area contributed by atoms with Gasteiger partial charge in [0.15, 0.2) is 0 Å². The Morgan fingerprint density at radius 2 is 1.96 bits per heavy atom. The zero-order valence-corrected chi connectivity index (χ0v) is 14.5. The van der Waals surface area contributed by atoms with E-state index in [0.717, 1.165) is 36.1 Å². The van der Waals surface area contributed by atoms with Gasteiger partial charge in [-0.2, -0.15) is 0 Å². The van der Waals surface area contributed by atoms with Crippen molar-refractivity contribution in [2.24, 2.45) is 0 Å². The minimum atomic E-state index is -0.949. The first-order chi connectivity index (χ1) is 11.9. The lowest BCUT2D eigenvalue weighted by Gasteiger charge is -2.31. The highest BCUT2D eigenvalue weighted by molar-refractivity contribution is 5.88. The minimum absolute atomic E-state index is 0.255. The van der Waals surface area contributed by atoms with Gasteiger partial charge in [-0.15, -0.1) is 0 Å². The third-order valence-electron chi connectivity index (χ3n) is 4.71. The van der Waals surface area contributed by atoms with Crippen LogP contribution in [-0.4, -0.2) is 36.6 Å². The van der Waals surface area contributed by atoms with Crippen LogP contribution in [0, 0.1) is 5.82 Å². The van der Waals surface area contributed by atoms with Crippen molar-refractivity contribution in [3.05, 3.63) is 70.5 Å². The fourth-order valence-electron chi connectivity index (χ4n) is 3.47. The second kappa shape index (κ2) is 6.94. The van der Waals surface area contributed by atoms with Crippen LogP contribution in [0.2, 0.25) is 0 Å². The van der Waals surface area contributed by atoms with E-state index in [0.29, 0.717) is 6.61 Å². The molecule has 0 unspecified atom stereocenters. The quantitative estimate of drug-likeness (QED) is 0.870. The molecule has 3 rings (SSSR count). The highest BCUT2D eigenvalue weighted by atomic mass is 19.1. The monoisotopic (exact) mass is 343 g/mol. The number of halogens is 1. The third-order valence-corrected chi connectivity index (χ3v) is 4.71. The van der Waals surface area contributed by atoms with E-state index < -0.39 is 11.6 Å².